The number of aryl methyl sites for hydroxylation is 1. The number of benzene rings is 1. The van der Waals surface area contributed by atoms with Crippen LogP contribution in [0.3, 0.4) is 0 Å². The van der Waals surface area contributed by atoms with E-state index in [-0.39, 0.29) is 29.8 Å². The van der Waals surface area contributed by atoms with Crippen molar-refractivity contribution in [2.24, 2.45) is 11.3 Å². The maximum absolute atomic E-state index is 13.5. The van der Waals surface area contributed by atoms with Gasteiger partial charge in [0.15, 0.2) is 17.8 Å². The second-order valence-corrected chi connectivity index (χ2v) is 9.09. The third kappa shape index (κ3) is 4.09. The molecule has 0 unspecified atom stereocenters. The topological polar surface area (TPSA) is 79.1 Å². The van der Waals surface area contributed by atoms with Gasteiger partial charge < -0.3 is 23.9 Å². The summed E-state index contributed by atoms with van der Waals surface area (Å²) in [6, 6.07) is 7.86. The maximum Gasteiger partial charge on any atom is 0.276 e. The molecule has 3 heterocycles. The number of methoxy groups -OCH3 is 1. The van der Waals surface area contributed by atoms with Crippen molar-refractivity contribution < 1.29 is 18.7 Å². The zero-order valence-electron chi connectivity index (χ0n) is 18.6. The van der Waals surface area contributed by atoms with E-state index in [2.05, 4.69) is 9.88 Å². The van der Waals surface area contributed by atoms with Crippen LogP contribution in [0.2, 0.25) is 0 Å². The number of amides is 2. The molecule has 8 heteroatoms. The maximum atomic E-state index is 13.5. The van der Waals surface area contributed by atoms with E-state index >= 15 is 0 Å². The average Bonchev–Trinajstić information content (AvgIpc) is 3.39. The molecule has 0 N–H and O–H groups in total. The van der Waals surface area contributed by atoms with Crippen molar-refractivity contribution >= 4 is 11.8 Å². The normalized spacial score (nSPS) is 22.9. The highest BCUT2D eigenvalue weighted by atomic mass is 16.5. The van der Waals surface area contributed by atoms with E-state index in [9.17, 15) is 9.59 Å². The van der Waals surface area contributed by atoms with Crippen LogP contribution in [0, 0.1) is 18.3 Å². The van der Waals surface area contributed by atoms with Crippen LogP contribution < -0.4 is 0 Å². The predicted octanol–water partition coefficient (Wildman–Crippen LogP) is 1.76. The molecule has 2 fully saturated rings. The highest BCUT2D eigenvalue weighted by Crippen LogP contribution is 2.43. The summed E-state index contributed by atoms with van der Waals surface area (Å²) in [5, 5.41) is 0. The molecule has 0 radical (unpaired) electrons. The molecule has 2 aromatic rings. The first-order chi connectivity index (χ1) is 14.8. The lowest BCUT2D eigenvalue weighted by Gasteiger charge is -2.32. The van der Waals surface area contributed by atoms with E-state index in [1.165, 1.54) is 13.5 Å². The zero-order chi connectivity index (χ0) is 22.2. The van der Waals surface area contributed by atoms with E-state index in [1.807, 2.05) is 55.1 Å². The van der Waals surface area contributed by atoms with Gasteiger partial charge in [-0.1, -0.05) is 23.8 Å². The first kappa shape index (κ1) is 21.5. The number of hydrogen-bond donors (Lipinski definition) is 0. The summed E-state index contributed by atoms with van der Waals surface area (Å²) >= 11 is 0. The molecule has 1 aromatic carbocycles. The molecule has 4 rings (SSSR count). The van der Waals surface area contributed by atoms with E-state index in [1.54, 1.807) is 0 Å². The fourth-order valence-electron chi connectivity index (χ4n) is 5.13. The zero-order valence-corrected chi connectivity index (χ0v) is 18.6. The van der Waals surface area contributed by atoms with Crippen molar-refractivity contribution in [1.29, 1.82) is 0 Å². The summed E-state index contributed by atoms with van der Waals surface area (Å²) in [6.45, 7) is 5.36. The van der Waals surface area contributed by atoms with Crippen LogP contribution >= 0.6 is 0 Å². The molecule has 2 saturated heterocycles. The smallest absolute Gasteiger partial charge is 0.276 e. The van der Waals surface area contributed by atoms with Gasteiger partial charge in [0.2, 0.25) is 5.91 Å². The molecule has 1 aromatic heterocycles. The third-order valence-electron chi connectivity index (χ3n) is 6.35. The molecule has 0 bridgehead atoms. The number of likely N-dealkylation sites (tertiary alicyclic amines) is 2. The van der Waals surface area contributed by atoms with Crippen molar-refractivity contribution in [2.75, 3.05) is 60.5 Å². The van der Waals surface area contributed by atoms with Gasteiger partial charge in [-0.2, -0.15) is 0 Å². The molecule has 2 aliphatic rings. The first-order valence-corrected chi connectivity index (χ1v) is 10.5. The summed E-state index contributed by atoms with van der Waals surface area (Å²) < 4.78 is 10.7. The van der Waals surface area contributed by atoms with Crippen LogP contribution in [0.15, 0.2) is 35.1 Å². The van der Waals surface area contributed by atoms with Crippen molar-refractivity contribution in [1.82, 2.24) is 19.7 Å². The van der Waals surface area contributed by atoms with Crippen LogP contribution in [0.4, 0.5) is 0 Å². The lowest BCUT2D eigenvalue weighted by Crippen LogP contribution is -2.44. The Morgan fingerprint density at radius 1 is 1.26 bits per heavy atom. The Kier molecular flexibility index (Phi) is 5.85. The van der Waals surface area contributed by atoms with Gasteiger partial charge in [-0.05, 0) is 27.1 Å². The number of carbonyl (C=O) groups is 2. The summed E-state index contributed by atoms with van der Waals surface area (Å²) in [6.07, 6.45) is 1.34. The fourth-order valence-corrected chi connectivity index (χ4v) is 5.13. The number of aromatic nitrogens is 1. The number of hydrogen-bond acceptors (Lipinski definition) is 6. The molecule has 166 valence electrons. The molecule has 2 aliphatic heterocycles. The Morgan fingerprint density at radius 3 is 2.71 bits per heavy atom. The van der Waals surface area contributed by atoms with E-state index in [4.69, 9.17) is 9.15 Å². The van der Waals surface area contributed by atoms with E-state index < -0.39 is 0 Å². The number of ether oxygens (including phenoxy) is 1. The van der Waals surface area contributed by atoms with E-state index in [0.717, 1.165) is 17.7 Å². The van der Waals surface area contributed by atoms with Gasteiger partial charge in [0, 0.05) is 56.7 Å². The summed E-state index contributed by atoms with van der Waals surface area (Å²) in [4.78, 5) is 36.0. The van der Waals surface area contributed by atoms with Crippen molar-refractivity contribution in [3.8, 4) is 11.3 Å². The van der Waals surface area contributed by atoms with Crippen LogP contribution in [-0.2, 0) is 9.53 Å². The largest absolute Gasteiger partial charge is 0.443 e. The van der Waals surface area contributed by atoms with Gasteiger partial charge in [-0.15, -0.1) is 0 Å². The minimum Gasteiger partial charge on any atom is -0.443 e. The van der Waals surface area contributed by atoms with Crippen LogP contribution in [0.5, 0.6) is 0 Å². The number of nitrogens with zero attached hydrogens (tertiary/aromatic N) is 4. The summed E-state index contributed by atoms with van der Waals surface area (Å²) in [5.41, 5.74) is 2.13. The Hall–Kier alpha value is -2.71. The molecule has 2 amide bonds. The third-order valence-corrected chi connectivity index (χ3v) is 6.35. The lowest BCUT2D eigenvalue weighted by molar-refractivity contribution is -0.134. The van der Waals surface area contributed by atoms with Gasteiger partial charge in [-0.25, -0.2) is 4.98 Å². The average molecular weight is 427 g/mol. The lowest BCUT2D eigenvalue weighted by atomic mass is 9.80. The second kappa shape index (κ2) is 8.43. The Balaban J connectivity index is 1.56. The Labute approximate surface area is 182 Å². The minimum absolute atomic E-state index is 0.00569. The van der Waals surface area contributed by atoms with Crippen molar-refractivity contribution in [3.05, 3.63) is 41.9 Å². The highest BCUT2D eigenvalue weighted by Gasteiger charge is 2.54. The number of oxazole rings is 1. The van der Waals surface area contributed by atoms with Crippen molar-refractivity contribution in [3.63, 3.8) is 0 Å². The van der Waals surface area contributed by atoms with Gasteiger partial charge >= 0.3 is 0 Å². The molecular formula is C23H30N4O4. The van der Waals surface area contributed by atoms with Crippen molar-refractivity contribution in [2.45, 2.75) is 6.92 Å². The summed E-state index contributed by atoms with van der Waals surface area (Å²) in [7, 11) is 5.60. The molecule has 0 saturated carbocycles. The fraction of sp³-hybridized carbons (Fsp3) is 0.522. The summed E-state index contributed by atoms with van der Waals surface area (Å²) in [5.74, 6) is 0.608. The SMILES string of the molecule is COCC(=O)N1C[C@@H]2CN(C(=O)c3ncoc3-c3cccc(C)c3)C[C@]2(CN(C)C)C1. The van der Waals surface area contributed by atoms with Crippen LogP contribution in [0.25, 0.3) is 11.3 Å². The number of rotatable bonds is 6. The van der Waals surface area contributed by atoms with Crippen LogP contribution in [-0.4, -0.2) is 92.0 Å². The molecular weight excluding hydrogens is 396 g/mol. The van der Waals surface area contributed by atoms with Gasteiger partial charge in [0.1, 0.15) is 6.61 Å². The monoisotopic (exact) mass is 426 g/mol. The first-order valence-electron chi connectivity index (χ1n) is 10.5. The van der Waals surface area contributed by atoms with Gasteiger partial charge in [0.25, 0.3) is 5.91 Å². The molecule has 2 atom stereocenters. The molecule has 8 nitrogen and oxygen atoms in total. The standard InChI is InChI=1S/C23H30N4O4/c1-16-6-5-7-17(8-16)21-20(24-15-31-21)22(29)27-10-18-9-26(19(28)11-30-4)13-23(18,14-27)12-25(2)3/h5-8,15,18H,9-14H2,1-4H3/t18-,23+/m1/s1. The molecule has 31 heavy (non-hydrogen) atoms. The Morgan fingerprint density at radius 2 is 2.00 bits per heavy atom. The second-order valence-electron chi connectivity index (χ2n) is 9.09. The predicted molar refractivity (Wildman–Crippen MR) is 116 cm³/mol. The quantitative estimate of drug-likeness (QED) is 0.700. The highest BCUT2D eigenvalue weighted by molar-refractivity contribution is 5.98. The molecule has 0 aliphatic carbocycles. The molecule has 0 spiro atoms. The van der Waals surface area contributed by atoms with Gasteiger partial charge in [-0.3, -0.25) is 9.59 Å². The minimum atomic E-state index is -0.157. The van der Waals surface area contributed by atoms with E-state index in [0.29, 0.717) is 37.6 Å². The number of carbonyl (C=O) groups excluding carboxylic acids is 2. The van der Waals surface area contributed by atoms with Crippen LogP contribution in [0.1, 0.15) is 16.1 Å². The number of fused-ring (bicyclic) bond motifs is 1. The Bertz CT molecular complexity index is 972. The van der Waals surface area contributed by atoms with Gasteiger partial charge in [0.05, 0.1) is 0 Å².